The topological polar surface area (TPSA) is 76.2 Å². The molecular weight excluding hydrogens is 428 g/mol. The first-order valence-corrected chi connectivity index (χ1v) is 11.3. The quantitative estimate of drug-likeness (QED) is 0.559. The molecule has 0 bridgehead atoms. The monoisotopic (exact) mass is 456 g/mol. The SMILES string of the molecule is COc1cc(OC)cc(C(=O)NCCN2CCN(c3nc4c(OC)cccc4s3)CC2)c1. The highest BCUT2D eigenvalue weighted by Gasteiger charge is 2.20. The third-order valence-corrected chi connectivity index (χ3v) is 6.64. The number of nitrogens with zero attached hydrogens (tertiary/aromatic N) is 3. The molecule has 9 heteroatoms. The Labute approximate surface area is 191 Å². The fourth-order valence-electron chi connectivity index (χ4n) is 3.74. The maximum Gasteiger partial charge on any atom is 0.251 e. The van der Waals surface area contributed by atoms with Gasteiger partial charge in [-0.05, 0) is 24.3 Å². The normalized spacial score (nSPS) is 14.4. The summed E-state index contributed by atoms with van der Waals surface area (Å²) in [4.78, 5) is 22.0. The molecule has 1 fully saturated rings. The van der Waals surface area contributed by atoms with E-state index in [1.807, 2.05) is 12.1 Å². The lowest BCUT2D eigenvalue weighted by molar-refractivity contribution is 0.0947. The molecule has 0 aliphatic carbocycles. The number of para-hydroxylation sites is 1. The van der Waals surface area contributed by atoms with Crippen LogP contribution in [0.3, 0.4) is 0 Å². The lowest BCUT2D eigenvalue weighted by atomic mass is 10.2. The van der Waals surface area contributed by atoms with Crippen LogP contribution in [0.2, 0.25) is 0 Å². The van der Waals surface area contributed by atoms with E-state index in [0.29, 0.717) is 23.6 Å². The number of carbonyl (C=O) groups excluding carboxylic acids is 1. The van der Waals surface area contributed by atoms with Crippen molar-refractivity contribution in [1.29, 1.82) is 0 Å². The molecule has 1 amide bonds. The predicted molar refractivity (Wildman–Crippen MR) is 127 cm³/mol. The van der Waals surface area contributed by atoms with Gasteiger partial charge in [-0.15, -0.1) is 0 Å². The summed E-state index contributed by atoms with van der Waals surface area (Å²) in [5.41, 5.74) is 1.45. The Kier molecular flexibility index (Phi) is 6.96. The fourth-order valence-corrected chi connectivity index (χ4v) is 4.78. The van der Waals surface area contributed by atoms with Crippen molar-refractivity contribution in [2.45, 2.75) is 0 Å². The molecule has 2 aromatic carbocycles. The summed E-state index contributed by atoms with van der Waals surface area (Å²) in [5, 5.41) is 4.02. The third-order valence-electron chi connectivity index (χ3n) is 5.56. The molecule has 0 unspecified atom stereocenters. The second-order valence-electron chi connectivity index (χ2n) is 7.49. The second-order valence-corrected chi connectivity index (χ2v) is 8.50. The summed E-state index contributed by atoms with van der Waals surface area (Å²) >= 11 is 1.70. The first-order chi connectivity index (χ1) is 15.6. The zero-order valence-electron chi connectivity index (χ0n) is 18.6. The van der Waals surface area contributed by atoms with Crippen molar-refractivity contribution < 1.29 is 19.0 Å². The van der Waals surface area contributed by atoms with Gasteiger partial charge in [-0.25, -0.2) is 4.98 Å². The highest BCUT2D eigenvalue weighted by atomic mass is 32.1. The number of benzene rings is 2. The summed E-state index contributed by atoms with van der Waals surface area (Å²) in [7, 11) is 4.82. The van der Waals surface area contributed by atoms with Crippen LogP contribution in [-0.2, 0) is 0 Å². The van der Waals surface area contributed by atoms with Crippen molar-refractivity contribution in [3.63, 3.8) is 0 Å². The van der Waals surface area contributed by atoms with E-state index >= 15 is 0 Å². The Balaban J connectivity index is 1.27. The number of methoxy groups -OCH3 is 3. The molecule has 0 spiro atoms. The lowest BCUT2D eigenvalue weighted by Crippen LogP contribution is -2.48. The van der Waals surface area contributed by atoms with Crippen LogP contribution in [0.25, 0.3) is 10.2 Å². The maximum absolute atomic E-state index is 12.5. The van der Waals surface area contributed by atoms with Crippen LogP contribution in [0, 0.1) is 0 Å². The van der Waals surface area contributed by atoms with Gasteiger partial charge >= 0.3 is 0 Å². The number of fused-ring (bicyclic) bond motifs is 1. The zero-order chi connectivity index (χ0) is 22.5. The molecule has 1 aliphatic rings. The molecule has 8 nitrogen and oxygen atoms in total. The Morgan fingerprint density at radius 2 is 1.75 bits per heavy atom. The van der Waals surface area contributed by atoms with Crippen LogP contribution in [0.1, 0.15) is 10.4 Å². The molecule has 0 radical (unpaired) electrons. The Morgan fingerprint density at radius 3 is 2.41 bits per heavy atom. The van der Waals surface area contributed by atoms with Gasteiger partial charge in [0.1, 0.15) is 22.8 Å². The van der Waals surface area contributed by atoms with Gasteiger partial charge in [0.05, 0.1) is 26.0 Å². The maximum atomic E-state index is 12.5. The lowest BCUT2D eigenvalue weighted by Gasteiger charge is -2.34. The van der Waals surface area contributed by atoms with Crippen LogP contribution in [0.15, 0.2) is 36.4 Å². The van der Waals surface area contributed by atoms with E-state index in [1.54, 1.807) is 50.9 Å². The van der Waals surface area contributed by atoms with Gasteiger partial charge in [-0.3, -0.25) is 9.69 Å². The number of anilines is 1. The minimum Gasteiger partial charge on any atom is -0.497 e. The van der Waals surface area contributed by atoms with Crippen LogP contribution in [0.5, 0.6) is 17.2 Å². The molecule has 3 aromatic rings. The number of piperazine rings is 1. The summed E-state index contributed by atoms with van der Waals surface area (Å²) < 4.78 is 17.1. The molecule has 0 saturated carbocycles. The number of nitrogens with one attached hydrogen (secondary N) is 1. The van der Waals surface area contributed by atoms with Crippen molar-refractivity contribution in [1.82, 2.24) is 15.2 Å². The van der Waals surface area contributed by atoms with E-state index in [4.69, 9.17) is 19.2 Å². The average molecular weight is 457 g/mol. The largest absolute Gasteiger partial charge is 0.497 e. The van der Waals surface area contributed by atoms with Gasteiger partial charge in [0, 0.05) is 50.9 Å². The number of hydrogen-bond donors (Lipinski definition) is 1. The van der Waals surface area contributed by atoms with Crippen molar-refractivity contribution in [2.24, 2.45) is 0 Å². The first kappa shape index (κ1) is 22.2. The van der Waals surface area contributed by atoms with Gasteiger partial charge in [-0.2, -0.15) is 0 Å². The molecular formula is C23H28N4O4S. The van der Waals surface area contributed by atoms with Gasteiger partial charge in [0.25, 0.3) is 5.91 Å². The van der Waals surface area contributed by atoms with E-state index in [1.165, 1.54) is 0 Å². The number of rotatable bonds is 8. The number of thiazole rings is 1. The molecule has 1 aliphatic heterocycles. The highest BCUT2D eigenvalue weighted by Crippen LogP contribution is 2.34. The number of hydrogen-bond acceptors (Lipinski definition) is 8. The molecule has 4 rings (SSSR count). The average Bonchev–Trinajstić information content (AvgIpc) is 3.28. The number of ether oxygens (including phenoxy) is 3. The number of amides is 1. The van der Waals surface area contributed by atoms with Crippen LogP contribution < -0.4 is 24.4 Å². The third kappa shape index (κ3) is 4.89. The predicted octanol–water partition coefficient (Wildman–Crippen LogP) is 2.87. The molecule has 1 saturated heterocycles. The van der Waals surface area contributed by atoms with Gasteiger partial charge in [0.15, 0.2) is 5.13 Å². The van der Waals surface area contributed by atoms with E-state index in [0.717, 1.165) is 53.8 Å². The summed E-state index contributed by atoms with van der Waals surface area (Å²) in [6.45, 7) is 5.04. The van der Waals surface area contributed by atoms with Crippen molar-refractivity contribution in [3.8, 4) is 17.2 Å². The fraction of sp³-hybridized carbons (Fsp3) is 0.391. The molecule has 32 heavy (non-hydrogen) atoms. The Morgan fingerprint density at radius 1 is 1.03 bits per heavy atom. The van der Waals surface area contributed by atoms with Gasteiger partial charge in [-0.1, -0.05) is 17.4 Å². The molecule has 0 atom stereocenters. The van der Waals surface area contributed by atoms with E-state index in [-0.39, 0.29) is 5.91 Å². The van der Waals surface area contributed by atoms with Crippen LogP contribution >= 0.6 is 11.3 Å². The van der Waals surface area contributed by atoms with Gasteiger partial charge < -0.3 is 24.4 Å². The van der Waals surface area contributed by atoms with Crippen molar-refractivity contribution in [2.75, 3.05) is 65.5 Å². The highest BCUT2D eigenvalue weighted by molar-refractivity contribution is 7.22. The molecule has 1 aromatic heterocycles. The smallest absolute Gasteiger partial charge is 0.251 e. The molecule has 1 N–H and O–H groups in total. The van der Waals surface area contributed by atoms with E-state index in [2.05, 4.69) is 21.2 Å². The second kappa shape index (κ2) is 10.1. The van der Waals surface area contributed by atoms with Gasteiger partial charge in [0.2, 0.25) is 0 Å². The Hall–Kier alpha value is -3.04. The number of aromatic nitrogens is 1. The summed E-state index contributed by atoms with van der Waals surface area (Å²) in [6, 6.07) is 11.2. The van der Waals surface area contributed by atoms with Crippen molar-refractivity contribution >= 4 is 32.6 Å². The van der Waals surface area contributed by atoms with E-state index < -0.39 is 0 Å². The summed E-state index contributed by atoms with van der Waals surface area (Å²) in [6.07, 6.45) is 0. The zero-order valence-corrected chi connectivity index (χ0v) is 19.4. The number of carbonyl (C=O) groups is 1. The van der Waals surface area contributed by atoms with Crippen LogP contribution in [0.4, 0.5) is 5.13 Å². The standard InChI is InChI=1S/C23H28N4O4S/c1-29-17-13-16(14-18(15-17)30-2)22(28)24-7-8-26-9-11-27(12-10-26)23-25-21-19(31-3)5-4-6-20(21)32-23/h4-6,13-15H,7-12H2,1-3H3,(H,24,28). The molecule has 170 valence electrons. The Bertz CT molecular complexity index is 1060. The van der Waals surface area contributed by atoms with E-state index in [9.17, 15) is 4.79 Å². The minimum atomic E-state index is -0.135. The van der Waals surface area contributed by atoms with Crippen molar-refractivity contribution in [3.05, 3.63) is 42.0 Å². The molecule has 2 heterocycles. The minimum absolute atomic E-state index is 0.135. The van der Waals surface area contributed by atoms with Crippen LogP contribution in [-0.4, -0.2) is 76.4 Å². The first-order valence-electron chi connectivity index (χ1n) is 10.5. The summed E-state index contributed by atoms with van der Waals surface area (Å²) in [5.74, 6) is 1.87.